The van der Waals surface area contributed by atoms with Crippen molar-refractivity contribution in [3.05, 3.63) is 69.2 Å². The molecule has 6 heteroatoms. The Morgan fingerprint density at radius 3 is 2.09 bits per heavy atom. The summed E-state index contributed by atoms with van der Waals surface area (Å²) in [4.78, 5) is 23.8. The predicted octanol–water partition coefficient (Wildman–Crippen LogP) is 3.26. The Hall–Kier alpha value is -1.85. The molecule has 0 unspecified atom stereocenters. The van der Waals surface area contributed by atoms with Crippen LogP contribution in [0.4, 0.5) is 0 Å². The average molecular weight is 382 g/mol. The lowest BCUT2D eigenvalue weighted by atomic mass is 10.2. The molecule has 0 radical (unpaired) electrons. The fourth-order valence-corrected chi connectivity index (χ4v) is 2.69. The monoisotopic (exact) mass is 380 g/mol. The largest absolute Gasteiger partial charge is 0.350 e. The van der Waals surface area contributed by atoms with Crippen molar-refractivity contribution in [3.63, 3.8) is 0 Å². The number of hydrogen-bond donors (Lipinski definition) is 2. The minimum atomic E-state index is -0.239. The van der Waals surface area contributed by atoms with E-state index >= 15 is 0 Å². The van der Waals surface area contributed by atoms with Crippen molar-refractivity contribution in [2.75, 3.05) is 13.1 Å². The van der Waals surface area contributed by atoms with E-state index in [0.717, 1.165) is 4.47 Å². The molecular formula is C16H14BrClN2O2. The van der Waals surface area contributed by atoms with Crippen molar-refractivity contribution in [1.29, 1.82) is 0 Å². The lowest BCUT2D eigenvalue weighted by Gasteiger charge is -2.08. The number of hydrogen-bond acceptors (Lipinski definition) is 2. The zero-order valence-electron chi connectivity index (χ0n) is 11.6. The molecule has 0 saturated heterocycles. The van der Waals surface area contributed by atoms with Crippen LogP contribution in [0.25, 0.3) is 0 Å². The Morgan fingerprint density at radius 1 is 0.909 bits per heavy atom. The number of nitrogens with one attached hydrogen (secondary N) is 2. The molecule has 0 aromatic heterocycles. The molecular weight excluding hydrogens is 368 g/mol. The van der Waals surface area contributed by atoms with Gasteiger partial charge in [0.1, 0.15) is 0 Å². The van der Waals surface area contributed by atoms with Crippen molar-refractivity contribution in [2.24, 2.45) is 0 Å². The van der Waals surface area contributed by atoms with E-state index in [0.29, 0.717) is 29.2 Å². The van der Waals surface area contributed by atoms with Gasteiger partial charge in [0.15, 0.2) is 0 Å². The molecule has 0 atom stereocenters. The van der Waals surface area contributed by atoms with Gasteiger partial charge >= 0.3 is 0 Å². The first kappa shape index (κ1) is 16.5. The summed E-state index contributed by atoms with van der Waals surface area (Å²) in [5.41, 5.74) is 1.06. The van der Waals surface area contributed by atoms with E-state index in [1.165, 1.54) is 0 Å². The third kappa shape index (κ3) is 4.86. The highest BCUT2D eigenvalue weighted by Gasteiger charge is 2.08. The molecule has 0 spiro atoms. The van der Waals surface area contributed by atoms with Gasteiger partial charge < -0.3 is 10.6 Å². The third-order valence-corrected chi connectivity index (χ3v) is 3.53. The zero-order valence-corrected chi connectivity index (χ0v) is 13.9. The number of carbonyl (C=O) groups excluding carboxylic acids is 2. The topological polar surface area (TPSA) is 58.2 Å². The molecule has 0 aliphatic carbocycles. The quantitative estimate of drug-likeness (QED) is 0.781. The van der Waals surface area contributed by atoms with Crippen LogP contribution in [0.15, 0.2) is 53.0 Å². The van der Waals surface area contributed by atoms with Crippen molar-refractivity contribution in [1.82, 2.24) is 10.6 Å². The SMILES string of the molecule is O=C(NCCNC(=O)c1cc(Cl)cc(Br)c1)c1ccccc1. The van der Waals surface area contributed by atoms with Gasteiger partial charge in [-0.3, -0.25) is 9.59 Å². The summed E-state index contributed by atoms with van der Waals surface area (Å²) in [6.07, 6.45) is 0. The van der Waals surface area contributed by atoms with E-state index in [9.17, 15) is 9.59 Å². The first-order chi connectivity index (χ1) is 10.6. The first-order valence-corrected chi connectivity index (χ1v) is 7.81. The van der Waals surface area contributed by atoms with Gasteiger partial charge in [0.2, 0.25) is 0 Å². The fourth-order valence-electron chi connectivity index (χ4n) is 1.83. The maximum absolute atomic E-state index is 12.0. The summed E-state index contributed by atoms with van der Waals surface area (Å²) >= 11 is 9.18. The second-order valence-corrected chi connectivity index (χ2v) is 5.89. The van der Waals surface area contributed by atoms with Crippen LogP contribution in [-0.2, 0) is 0 Å². The number of benzene rings is 2. The summed E-state index contributed by atoms with van der Waals surface area (Å²) in [6, 6.07) is 13.9. The van der Waals surface area contributed by atoms with Gasteiger partial charge in [-0.2, -0.15) is 0 Å². The van der Waals surface area contributed by atoms with Crippen LogP contribution >= 0.6 is 27.5 Å². The average Bonchev–Trinajstić information content (AvgIpc) is 2.51. The van der Waals surface area contributed by atoms with Gasteiger partial charge in [-0.25, -0.2) is 0 Å². The van der Waals surface area contributed by atoms with Crippen LogP contribution in [0.3, 0.4) is 0 Å². The van der Waals surface area contributed by atoms with Crippen LogP contribution in [0.1, 0.15) is 20.7 Å². The molecule has 2 aromatic rings. The highest BCUT2D eigenvalue weighted by molar-refractivity contribution is 9.10. The predicted molar refractivity (Wildman–Crippen MR) is 90.3 cm³/mol. The third-order valence-electron chi connectivity index (χ3n) is 2.86. The molecule has 0 bridgehead atoms. The molecule has 0 aliphatic rings. The Labute approximate surface area is 142 Å². The van der Waals surface area contributed by atoms with Gasteiger partial charge in [0.25, 0.3) is 11.8 Å². The highest BCUT2D eigenvalue weighted by Crippen LogP contribution is 2.19. The van der Waals surface area contributed by atoms with Gasteiger partial charge in [-0.1, -0.05) is 45.7 Å². The van der Waals surface area contributed by atoms with E-state index in [2.05, 4.69) is 26.6 Å². The minimum Gasteiger partial charge on any atom is -0.350 e. The standard InChI is InChI=1S/C16H14BrClN2O2/c17-13-8-12(9-14(18)10-13)16(22)20-7-6-19-15(21)11-4-2-1-3-5-11/h1-5,8-10H,6-7H2,(H,19,21)(H,20,22). The van der Waals surface area contributed by atoms with Crippen LogP contribution < -0.4 is 10.6 Å². The second-order valence-electron chi connectivity index (χ2n) is 4.54. The fraction of sp³-hybridized carbons (Fsp3) is 0.125. The van der Waals surface area contributed by atoms with Crippen molar-refractivity contribution in [3.8, 4) is 0 Å². The number of amides is 2. The Morgan fingerprint density at radius 2 is 1.50 bits per heavy atom. The number of rotatable bonds is 5. The lowest BCUT2D eigenvalue weighted by molar-refractivity contribution is 0.0927. The Kier molecular flexibility index (Phi) is 5.98. The van der Waals surface area contributed by atoms with E-state index in [1.54, 1.807) is 42.5 Å². The summed E-state index contributed by atoms with van der Waals surface area (Å²) in [5, 5.41) is 5.95. The number of halogens is 2. The Bertz CT molecular complexity index is 657. The molecule has 2 amide bonds. The molecule has 2 aromatic carbocycles. The Balaban J connectivity index is 1.79. The smallest absolute Gasteiger partial charge is 0.251 e. The van der Waals surface area contributed by atoms with E-state index < -0.39 is 0 Å². The first-order valence-electron chi connectivity index (χ1n) is 6.64. The van der Waals surface area contributed by atoms with Crippen LogP contribution in [0, 0.1) is 0 Å². The molecule has 0 heterocycles. The highest BCUT2D eigenvalue weighted by atomic mass is 79.9. The molecule has 4 nitrogen and oxygen atoms in total. The van der Waals surface area contributed by atoms with Crippen LogP contribution in [0.2, 0.25) is 5.02 Å². The molecule has 2 rings (SSSR count). The normalized spacial score (nSPS) is 10.1. The maximum Gasteiger partial charge on any atom is 0.251 e. The van der Waals surface area contributed by atoms with E-state index in [-0.39, 0.29) is 11.8 Å². The molecule has 0 aliphatic heterocycles. The van der Waals surface area contributed by atoms with Gasteiger partial charge in [-0.05, 0) is 30.3 Å². The van der Waals surface area contributed by atoms with Crippen molar-refractivity contribution >= 4 is 39.3 Å². The van der Waals surface area contributed by atoms with E-state index in [1.807, 2.05) is 6.07 Å². The van der Waals surface area contributed by atoms with E-state index in [4.69, 9.17) is 11.6 Å². The van der Waals surface area contributed by atoms with Gasteiger partial charge in [-0.15, -0.1) is 0 Å². The van der Waals surface area contributed by atoms with Gasteiger partial charge in [0.05, 0.1) is 0 Å². The minimum absolute atomic E-state index is 0.166. The van der Waals surface area contributed by atoms with Crippen molar-refractivity contribution in [2.45, 2.75) is 0 Å². The summed E-state index contributed by atoms with van der Waals surface area (Å²) in [6.45, 7) is 0.683. The van der Waals surface area contributed by atoms with Gasteiger partial charge in [0, 0.05) is 33.7 Å². The second kappa shape index (κ2) is 7.96. The molecule has 0 fully saturated rings. The summed E-state index contributed by atoms with van der Waals surface area (Å²) < 4.78 is 0.738. The maximum atomic E-state index is 12.0. The van der Waals surface area contributed by atoms with Crippen molar-refractivity contribution < 1.29 is 9.59 Å². The van der Waals surface area contributed by atoms with Crippen LogP contribution in [-0.4, -0.2) is 24.9 Å². The number of carbonyl (C=O) groups is 2. The molecule has 0 saturated carbocycles. The summed E-state index contributed by atoms with van der Waals surface area (Å²) in [5.74, 6) is -0.405. The lowest BCUT2D eigenvalue weighted by Crippen LogP contribution is -2.34. The van der Waals surface area contributed by atoms with Crippen LogP contribution in [0.5, 0.6) is 0 Å². The molecule has 2 N–H and O–H groups in total. The molecule has 114 valence electrons. The molecule has 22 heavy (non-hydrogen) atoms. The zero-order chi connectivity index (χ0) is 15.9. The summed E-state index contributed by atoms with van der Waals surface area (Å²) in [7, 11) is 0.